The zero-order valence-corrected chi connectivity index (χ0v) is 10.9. The van der Waals surface area contributed by atoms with Crippen LogP contribution in [-0.4, -0.2) is 12.6 Å². The summed E-state index contributed by atoms with van der Waals surface area (Å²) < 4.78 is 6.20. The minimum Gasteiger partial charge on any atom is -0.466 e. The smallest absolute Gasteiger partial charge is 0.313 e. The molecule has 0 spiro atoms. The molecule has 0 fully saturated rings. The van der Waals surface area contributed by atoms with Gasteiger partial charge in [0.2, 0.25) is 0 Å². The highest BCUT2D eigenvalue weighted by Crippen LogP contribution is 2.33. The number of hydrogen-bond donors (Lipinski definition) is 0. The van der Waals surface area contributed by atoms with Crippen molar-refractivity contribution in [1.82, 2.24) is 0 Å². The Balaban J connectivity index is 2.29. The second-order valence-electron chi connectivity index (χ2n) is 4.04. The Bertz CT molecular complexity index is 401. The number of rotatable bonds is 2. The fraction of sp³-hybridized carbons (Fsp3) is 0.462. The lowest BCUT2D eigenvalue weighted by Crippen LogP contribution is -2.20. The van der Waals surface area contributed by atoms with Crippen molar-refractivity contribution in [2.24, 2.45) is 0 Å². The second kappa shape index (κ2) is 5.00. The minimum atomic E-state index is -0.0780. The van der Waals surface area contributed by atoms with Gasteiger partial charge in [0.1, 0.15) is 0 Å². The molecule has 3 heteroatoms. The molecule has 1 aromatic carbocycles. The van der Waals surface area contributed by atoms with Crippen LogP contribution in [0.4, 0.5) is 0 Å². The van der Waals surface area contributed by atoms with Crippen LogP contribution in [0.15, 0.2) is 22.7 Å². The van der Waals surface area contributed by atoms with Gasteiger partial charge in [0, 0.05) is 4.47 Å². The summed E-state index contributed by atoms with van der Waals surface area (Å²) >= 11 is 3.46. The molecule has 0 amide bonds. The molecule has 0 bridgehead atoms. The summed E-state index contributed by atoms with van der Waals surface area (Å²) in [7, 11) is 0. The summed E-state index contributed by atoms with van der Waals surface area (Å²) in [6.07, 6.45) is 3.03. The molecule has 0 heterocycles. The Morgan fingerprint density at radius 3 is 3.12 bits per heavy atom. The van der Waals surface area contributed by atoms with E-state index in [9.17, 15) is 4.79 Å². The Morgan fingerprint density at radius 1 is 1.56 bits per heavy atom. The van der Waals surface area contributed by atoms with Crippen molar-refractivity contribution in [3.8, 4) is 0 Å². The van der Waals surface area contributed by atoms with Crippen LogP contribution in [0.25, 0.3) is 0 Å². The van der Waals surface area contributed by atoms with E-state index >= 15 is 0 Å². The number of aryl methyl sites for hydroxylation is 1. The van der Waals surface area contributed by atoms with E-state index < -0.39 is 0 Å². The first-order chi connectivity index (χ1) is 7.72. The molecule has 1 aliphatic carbocycles. The third-order valence-corrected chi connectivity index (χ3v) is 3.48. The third kappa shape index (κ3) is 2.29. The Morgan fingerprint density at radius 2 is 2.38 bits per heavy atom. The van der Waals surface area contributed by atoms with E-state index in [1.165, 1.54) is 5.56 Å². The standard InChI is InChI=1S/C13H15BrO2/c1-2-16-13(15)12-5-3-4-9-8-10(14)6-7-11(9)12/h6-8,12H,2-5H2,1H3. The molecule has 2 rings (SSSR count). The van der Waals surface area contributed by atoms with Gasteiger partial charge in [-0.15, -0.1) is 0 Å². The summed E-state index contributed by atoms with van der Waals surface area (Å²) in [5, 5.41) is 0. The predicted molar refractivity (Wildman–Crippen MR) is 66.5 cm³/mol. The largest absolute Gasteiger partial charge is 0.466 e. The maximum absolute atomic E-state index is 11.8. The zero-order chi connectivity index (χ0) is 11.5. The topological polar surface area (TPSA) is 26.3 Å². The minimum absolute atomic E-state index is 0.0585. The number of halogens is 1. The van der Waals surface area contributed by atoms with Crippen LogP contribution in [-0.2, 0) is 16.0 Å². The average molecular weight is 283 g/mol. The number of fused-ring (bicyclic) bond motifs is 1. The van der Waals surface area contributed by atoms with E-state index in [0.29, 0.717) is 6.61 Å². The summed E-state index contributed by atoms with van der Waals surface area (Å²) in [5.74, 6) is -0.137. The molecule has 0 radical (unpaired) electrons. The Labute approximate surface area is 104 Å². The molecule has 0 aliphatic heterocycles. The maximum atomic E-state index is 11.8. The van der Waals surface area contributed by atoms with E-state index in [2.05, 4.69) is 22.0 Å². The lowest BCUT2D eigenvalue weighted by atomic mass is 9.83. The highest BCUT2D eigenvalue weighted by atomic mass is 79.9. The number of carbonyl (C=O) groups is 1. The first-order valence-electron chi connectivity index (χ1n) is 5.67. The highest BCUT2D eigenvalue weighted by Gasteiger charge is 2.27. The summed E-state index contributed by atoms with van der Waals surface area (Å²) in [4.78, 5) is 11.8. The first kappa shape index (κ1) is 11.6. The van der Waals surface area contributed by atoms with Crippen LogP contribution in [0.1, 0.15) is 36.8 Å². The van der Waals surface area contributed by atoms with Gasteiger partial charge in [-0.05, 0) is 49.4 Å². The van der Waals surface area contributed by atoms with Crippen LogP contribution in [0.5, 0.6) is 0 Å². The fourth-order valence-corrected chi connectivity index (χ4v) is 2.68. The molecule has 1 atom stereocenters. The third-order valence-electron chi connectivity index (χ3n) is 2.99. The van der Waals surface area contributed by atoms with E-state index in [1.54, 1.807) is 0 Å². The maximum Gasteiger partial charge on any atom is 0.313 e. The van der Waals surface area contributed by atoms with Gasteiger partial charge in [-0.1, -0.05) is 22.0 Å². The molecular weight excluding hydrogens is 268 g/mol. The van der Waals surface area contributed by atoms with Crippen LogP contribution in [0.3, 0.4) is 0 Å². The summed E-state index contributed by atoms with van der Waals surface area (Å²) in [6.45, 7) is 2.31. The molecule has 86 valence electrons. The quantitative estimate of drug-likeness (QED) is 0.777. The van der Waals surface area contributed by atoms with Crippen LogP contribution < -0.4 is 0 Å². The number of esters is 1. The van der Waals surface area contributed by atoms with Crippen LogP contribution in [0.2, 0.25) is 0 Å². The van der Waals surface area contributed by atoms with E-state index in [0.717, 1.165) is 29.3 Å². The second-order valence-corrected chi connectivity index (χ2v) is 4.96. The Kier molecular flexibility index (Phi) is 3.64. The van der Waals surface area contributed by atoms with Gasteiger partial charge >= 0.3 is 5.97 Å². The first-order valence-corrected chi connectivity index (χ1v) is 6.46. The van der Waals surface area contributed by atoms with Gasteiger partial charge in [0.05, 0.1) is 12.5 Å². The lowest BCUT2D eigenvalue weighted by Gasteiger charge is -2.24. The van der Waals surface area contributed by atoms with Crippen molar-refractivity contribution >= 4 is 21.9 Å². The SMILES string of the molecule is CCOC(=O)C1CCCc2cc(Br)ccc21. The van der Waals surface area contributed by atoms with Crippen LogP contribution >= 0.6 is 15.9 Å². The average Bonchev–Trinajstić information content (AvgIpc) is 2.28. The number of benzene rings is 1. The van der Waals surface area contributed by atoms with Gasteiger partial charge < -0.3 is 4.74 Å². The lowest BCUT2D eigenvalue weighted by molar-refractivity contribution is -0.145. The van der Waals surface area contributed by atoms with E-state index in [1.807, 2.05) is 19.1 Å². The molecular formula is C13H15BrO2. The highest BCUT2D eigenvalue weighted by molar-refractivity contribution is 9.10. The van der Waals surface area contributed by atoms with Crippen molar-refractivity contribution in [2.45, 2.75) is 32.1 Å². The Hall–Kier alpha value is -0.830. The molecule has 16 heavy (non-hydrogen) atoms. The molecule has 1 aliphatic rings. The van der Waals surface area contributed by atoms with Gasteiger partial charge in [-0.25, -0.2) is 0 Å². The fourth-order valence-electron chi connectivity index (χ4n) is 2.27. The molecule has 1 unspecified atom stereocenters. The van der Waals surface area contributed by atoms with E-state index in [-0.39, 0.29) is 11.9 Å². The van der Waals surface area contributed by atoms with Crippen molar-refractivity contribution in [2.75, 3.05) is 6.61 Å². The molecule has 1 aromatic rings. The van der Waals surface area contributed by atoms with Crippen molar-refractivity contribution in [3.05, 3.63) is 33.8 Å². The van der Waals surface area contributed by atoms with Gasteiger partial charge in [0.15, 0.2) is 0 Å². The van der Waals surface area contributed by atoms with Gasteiger partial charge in [-0.2, -0.15) is 0 Å². The normalized spacial score (nSPS) is 19.0. The van der Waals surface area contributed by atoms with Crippen molar-refractivity contribution < 1.29 is 9.53 Å². The molecule has 0 saturated heterocycles. The monoisotopic (exact) mass is 282 g/mol. The van der Waals surface area contributed by atoms with E-state index in [4.69, 9.17) is 4.74 Å². The van der Waals surface area contributed by atoms with Crippen molar-refractivity contribution in [1.29, 1.82) is 0 Å². The molecule has 0 N–H and O–H groups in total. The van der Waals surface area contributed by atoms with Gasteiger partial charge in [-0.3, -0.25) is 4.79 Å². The number of carbonyl (C=O) groups excluding carboxylic acids is 1. The molecule has 2 nitrogen and oxygen atoms in total. The van der Waals surface area contributed by atoms with Gasteiger partial charge in [0.25, 0.3) is 0 Å². The number of hydrogen-bond acceptors (Lipinski definition) is 2. The zero-order valence-electron chi connectivity index (χ0n) is 9.33. The molecule has 0 saturated carbocycles. The van der Waals surface area contributed by atoms with Crippen molar-refractivity contribution in [3.63, 3.8) is 0 Å². The summed E-state index contributed by atoms with van der Waals surface area (Å²) in [5.41, 5.74) is 2.42. The van der Waals surface area contributed by atoms with Crippen LogP contribution in [0, 0.1) is 0 Å². The predicted octanol–water partition coefficient (Wildman–Crippen LogP) is 3.43. The number of ether oxygens (including phenoxy) is 1. The summed E-state index contributed by atoms with van der Waals surface area (Å²) in [6, 6.07) is 6.15. The molecule has 0 aromatic heterocycles.